The van der Waals surface area contributed by atoms with Crippen LogP contribution in [0.25, 0.3) is 0 Å². The highest BCUT2D eigenvalue weighted by Crippen LogP contribution is 2.21. The number of anilines is 1. The Morgan fingerprint density at radius 3 is 2.86 bits per heavy atom. The molecular formula is C17H27N3O. The van der Waals surface area contributed by atoms with Crippen LogP contribution in [-0.2, 0) is 6.54 Å². The normalized spacial score (nSPS) is 19.7. The molecule has 1 saturated heterocycles. The van der Waals surface area contributed by atoms with E-state index in [-0.39, 0.29) is 11.9 Å². The maximum atomic E-state index is 12.0. The quantitative estimate of drug-likeness (QED) is 0.838. The molecular weight excluding hydrogens is 262 g/mol. The maximum absolute atomic E-state index is 12.0. The average molecular weight is 289 g/mol. The molecule has 1 aromatic rings. The van der Waals surface area contributed by atoms with Crippen molar-refractivity contribution in [3.63, 3.8) is 0 Å². The second-order valence-electron chi connectivity index (χ2n) is 6.52. The summed E-state index contributed by atoms with van der Waals surface area (Å²) in [5.74, 6) is 0.700. The molecule has 116 valence electrons. The Balaban J connectivity index is 2.03. The van der Waals surface area contributed by atoms with Crippen molar-refractivity contribution in [2.24, 2.45) is 5.92 Å². The zero-order valence-corrected chi connectivity index (χ0v) is 13.4. The van der Waals surface area contributed by atoms with E-state index in [0.29, 0.717) is 11.3 Å². The lowest BCUT2D eigenvalue weighted by Crippen LogP contribution is -2.34. The number of nitrogens with two attached hydrogens (primary N) is 1. The first-order chi connectivity index (χ1) is 9.95. The van der Waals surface area contributed by atoms with Crippen LogP contribution in [-0.4, -0.2) is 29.9 Å². The Morgan fingerprint density at radius 2 is 2.24 bits per heavy atom. The number of nitrogen functional groups attached to an aromatic ring is 1. The SMILES string of the molecule is CC1CCCN(Cc2ccc(C(=O)NC(C)C)cc2N)C1. The molecule has 4 nitrogen and oxygen atoms in total. The van der Waals surface area contributed by atoms with Crippen molar-refractivity contribution in [2.45, 2.75) is 46.2 Å². The summed E-state index contributed by atoms with van der Waals surface area (Å²) in [6.07, 6.45) is 2.58. The van der Waals surface area contributed by atoms with Gasteiger partial charge in [-0.15, -0.1) is 0 Å². The monoisotopic (exact) mass is 289 g/mol. The van der Waals surface area contributed by atoms with Gasteiger partial charge in [0.25, 0.3) is 5.91 Å². The molecule has 0 saturated carbocycles. The number of nitrogens with one attached hydrogen (secondary N) is 1. The summed E-state index contributed by atoms with van der Waals surface area (Å²) in [6.45, 7) is 9.35. The van der Waals surface area contributed by atoms with Gasteiger partial charge in [0.05, 0.1) is 0 Å². The molecule has 1 fully saturated rings. The highest BCUT2D eigenvalue weighted by atomic mass is 16.1. The van der Waals surface area contributed by atoms with Crippen LogP contribution in [0.15, 0.2) is 18.2 Å². The number of hydrogen-bond donors (Lipinski definition) is 2. The van der Waals surface area contributed by atoms with Crippen LogP contribution in [0.2, 0.25) is 0 Å². The highest BCUT2D eigenvalue weighted by Gasteiger charge is 2.17. The maximum Gasteiger partial charge on any atom is 0.251 e. The first-order valence-corrected chi connectivity index (χ1v) is 7.87. The van der Waals surface area contributed by atoms with Gasteiger partial charge < -0.3 is 11.1 Å². The van der Waals surface area contributed by atoms with Crippen molar-refractivity contribution in [2.75, 3.05) is 18.8 Å². The van der Waals surface area contributed by atoms with Crippen LogP contribution < -0.4 is 11.1 Å². The van der Waals surface area contributed by atoms with E-state index in [1.807, 2.05) is 26.0 Å². The van der Waals surface area contributed by atoms with Gasteiger partial charge in [0, 0.05) is 30.4 Å². The zero-order valence-electron chi connectivity index (χ0n) is 13.4. The predicted molar refractivity (Wildman–Crippen MR) is 87.1 cm³/mol. The van der Waals surface area contributed by atoms with E-state index in [2.05, 4.69) is 17.1 Å². The largest absolute Gasteiger partial charge is 0.398 e. The second kappa shape index (κ2) is 6.94. The van der Waals surface area contributed by atoms with Crippen molar-refractivity contribution in [3.05, 3.63) is 29.3 Å². The van der Waals surface area contributed by atoms with Gasteiger partial charge in [-0.25, -0.2) is 0 Å². The lowest BCUT2D eigenvalue weighted by Gasteiger charge is -2.31. The Kier molecular flexibility index (Phi) is 5.23. The molecule has 1 atom stereocenters. The summed E-state index contributed by atoms with van der Waals surface area (Å²) in [7, 11) is 0. The standard InChI is InChI=1S/C17H27N3O/c1-12(2)19-17(21)14-6-7-15(16(18)9-14)11-20-8-4-5-13(3)10-20/h6-7,9,12-13H,4-5,8,10-11,18H2,1-3H3,(H,19,21). The number of amides is 1. The smallest absolute Gasteiger partial charge is 0.251 e. The molecule has 1 aliphatic rings. The Bertz CT molecular complexity index is 499. The van der Waals surface area contributed by atoms with Gasteiger partial charge in [0.1, 0.15) is 0 Å². The summed E-state index contributed by atoms with van der Waals surface area (Å²) in [5, 5.41) is 2.89. The molecule has 1 unspecified atom stereocenters. The van der Waals surface area contributed by atoms with Crippen molar-refractivity contribution >= 4 is 11.6 Å². The van der Waals surface area contributed by atoms with Crippen LogP contribution in [0.1, 0.15) is 49.5 Å². The van der Waals surface area contributed by atoms with Crippen LogP contribution in [0.5, 0.6) is 0 Å². The van der Waals surface area contributed by atoms with Crippen molar-refractivity contribution in [1.29, 1.82) is 0 Å². The summed E-state index contributed by atoms with van der Waals surface area (Å²) in [5.41, 5.74) is 8.60. The summed E-state index contributed by atoms with van der Waals surface area (Å²) < 4.78 is 0. The minimum Gasteiger partial charge on any atom is -0.398 e. The van der Waals surface area contributed by atoms with Crippen LogP contribution >= 0.6 is 0 Å². The lowest BCUT2D eigenvalue weighted by molar-refractivity contribution is 0.0943. The number of likely N-dealkylation sites (tertiary alicyclic amines) is 1. The molecule has 1 heterocycles. The minimum absolute atomic E-state index is 0.0603. The number of piperidine rings is 1. The number of rotatable bonds is 4. The van der Waals surface area contributed by atoms with Gasteiger partial charge in [-0.2, -0.15) is 0 Å². The number of nitrogens with zero attached hydrogens (tertiary/aromatic N) is 1. The molecule has 0 aliphatic carbocycles. The molecule has 3 N–H and O–H groups in total. The number of benzene rings is 1. The van der Waals surface area contributed by atoms with E-state index in [1.54, 1.807) is 6.07 Å². The fourth-order valence-corrected chi connectivity index (χ4v) is 2.90. The van der Waals surface area contributed by atoms with Gasteiger partial charge in [-0.1, -0.05) is 13.0 Å². The molecule has 0 bridgehead atoms. The number of hydrogen-bond acceptors (Lipinski definition) is 3. The molecule has 0 radical (unpaired) electrons. The first kappa shape index (κ1) is 15.8. The van der Waals surface area contributed by atoms with E-state index in [4.69, 9.17) is 5.73 Å². The minimum atomic E-state index is -0.0603. The van der Waals surface area contributed by atoms with Gasteiger partial charge in [-0.05, 0) is 56.8 Å². The van der Waals surface area contributed by atoms with Gasteiger partial charge in [0.2, 0.25) is 0 Å². The molecule has 21 heavy (non-hydrogen) atoms. The third kappa shape index (κ3) is 4.46. The fourth-order valence-electron chi connectivity index (χ4n) is 2.90. The molecule has 2 rings (SSSR count). The lowest BCUT2D eigenvalue weighted by atomic mass is 9.99. The van der Waals surface area contributed by atoms with Gasteiger partial charge >= 0.3 is 0 Å². The second-order valence-corrected chi connectivity index (χ2v) is 6.52. The first-order valence-electron chi connectivity index (χ1n) is 7.87. The molecule has 1 amide bonds. The number of carbonyl (C=O) groups excluding carboxylic acids is 1. The average Bonchev–Trinajstić information content (AvgIpc) is 2.40. The van der Waals surface area contributed by atoms with E-state index < -0.39 is 0 Å². The third-order valence-corrected chi connectivity index (χ3v) is 3.96. The van der Waals surface area contributed by atoms with E-state index in [1.165, 1.54) is 12.8 Å². The molecule has 1 aliphatic heterocycles. The van der Waals surface area contributed by atoms with E-state index in [0.717, 1.165) is 31.1 Å². The molecule has 1 aromatic carbocycles. The third-order valence-electron chi connectivity index (χ3n) is 3.96. The fraction of sp³-hybridized carbons (Fsp3) is 0.588. The Labute approximate surface area is 127 Å². The van der Waals surface area contributed by atoms with E-state index >= 15 is 0 Å². The molecule has 0 spiro atoms. The molecule has 0 aromatic heterocycles. The zero-order chi connectivity index (χ0) is 15.4. The molecule has 4 heteroatoms. The van der Waals surface area contributed by atoms with Crippen LogP contribution in [0.3, 0.4) is 0 Å². The van der Waals surface area contributed by atoms with E-state index in [9.17, 15) is 4.79 Å². The topological polar surface area (TPSA) is 58.4 Å². The van der Waals surface area contributed by atoms with Gasteiger partial charge in [0.15, 0.2) is 0 Å². The summed E-state index contributed by atoms with van der Waals surface area (Å²) in [6, 6.07) is 5.79. The van der Waals surface area contributed by atoms with Crippen molar-refractivity contribution in [3.8, 4) is 0 Å². The predicted octanol–water partition coefficient (Wildman–Crippen LogP) is 2.64. The van der Waals surface area contributed by atoms with Crippen molar-refractivity contribution in [1.82, 2.24) is 10.2 Å². The Morgan fingerprint density at radius 1 is 1.48 bits per heavy atom. The van der Waals surface area contributed by atoms with Gasteiger partial charge in [-0.3, -0.25) is 9.69 Å². The van der Waals surface area contributed by atoms with Crippen LogP contribution in [0, 0.1) is 5.92 Å². The summed E-state index contributed by atoms with van der Waals surface area (Å²) in [4.78, 5) is 14.4. The summed E-state index contributed by atoms with van der Waals surface area (Å²) >= 11 is 0. The number of carbonyl (C=O) groups is 1. The highest BCUT2D eigenvalue weighted by molar-refractivity contribution is 5.95. The Hall–Kier alpha value is -1.55. The van der Waals surface area contributed by atoms with Crippen molar-refractivity contribution < 1.29 is 4.79 Å². The van der Waals surface area contributed by atoms with Crippen LogP contribution in [0.4, 0.5) is 5.69 Å².